The maximum Gasteiger partial charge on any atom is 0.131 e. The lowest BCUT2D eigenvalue weighted by Gasteiger charge is -2.11. The maximum absolute atomic E-state index is 13.7. The summed E-state index contributed by atoms with van der Waals surface area (Å²) in [6, 6.07) is 8.81. The molecular formula is C15H10F3NS. The molecule has 1 heterocycles. The van der Waals surface area contributed by atoms with Gasteiger partial charge in [0.15, 0.2) is 0 Å². The van der Waals surface area contributed by atoms with E-state index in [0.717, 1.165) is 5.39 Å². The van der Waals surface area contributed by atoms with Crippen LogP contribution in [0.5, 0.6) is 0 Å². The zero-order valence-corrected chi connectivity index (χ0v) is 11.1. The van der Waals surface area contributed by atoms with E-state index >= 15 is 0 Å². The predicted molar refractivity (Wildman–Crippen MR) is 74.2 cm³/mol. The molecule has 1 atom stereocenters. The number of nitrogens with two attached hydrogens (primary N) is 1. The Hall–Kier alpha value is -1.85. The van der Waals surface area contributed by atoms with Gasteiger partial charge in [0.1, 0.15) is 17.5 Å². The molecule has 0 saturated carbocycles. The molecule has 2 N–H and O–H groups in total. The molecular weight excluding hydrogens is 283 g/mol. The molecule has 3 rings (SSSR count). The van der Waals surface area contributed by atoms with E-state index in [9.17, 15) is 13.2 Å². The lowest BCUT2D eigenvalue weighted by Crippen LogP contribution is -2.14. The average molecular weight is 293 g/mol. The first kappa shape index (κ1) is 13.1. The van der Waals surface area contributed by atoms with Crippen LogP contribution in [0, 0.1) is 17.5 Å². The van der Waals surface area contributed by atoms with E-state index in [1.807, 2.05) is 0 Å². The van der Waals surface area contributed by atoms with Crippen LogP contribution in [0.1, 0.15) is 16.5 Å². The smallest absolute Gasteiger partial charge is 0.131 e. The van der Waals surface area contributed by atoms with Gasteiger partial charge in [-0.15, -0.1) is 11.3 Å². The summed E-state index contributed by atoms with van der Waals surface area (Å²) < 4.78 is 41.3. The summed E-state index contributed by atoms with van der Waals surface area (Å²) in [6.45, 7) is 0. The minimum absolute atomic E-state index is 0.167. The summed E-state index contributed by atoms with van der Waals surface area (Å²) in [5, 5.41) is 0.804. The first-order valence-corrected chi connectivity index (χ1v) is 6.76. The molecule has 1 nitrogen and oxygen atoms in total. The third kappa shape index (κ3) is 2.19. The Morgan fingerprint density at radius 2 is 1.65 bits per heavy atom. The van der Waals surface area contributed by atoms with Crippen LogP contribution in [0.3, 0.4) is 0 Å². The van der Waals surface area contributed by atoms with Crippen molar-refractivity contribution in [2.75, 3.05) is 0 Å². The number of rotatable bonds is 2. The summed E-state index contributed by atoms with van der Waals surface area (Å²) in [7, 11) is 0. The van der Waals surface area contributed by atoms with Crippen molar-refractivity contribution < 1.29 is 13.2 Å². The molecule has 0 aliphatic carbocycles. The minimum atomic E-state index is -0.906. The highest BCUT2D eigenvalue weighted by Crippen LogP contribution is 2.34. The Morgan fingerprint density at radius 1 is 0.950 bits per heavy atom. The molecule has 0 aliphatic heterocycles. The molecule has 0 amide bonds. The van der Waals surface area contributed by atoms with E-state index in [0.29, 0.717) is 9.58 Å². The first-order valence-electron chi connectivity index (χ1n) is 5.95. The number of fused-ring (bicyclic) bond motifs is 1. The largest absolute Gasteiger partial charge is 0.319 e. The van der Waals surface area contributed by atoms with Crippen molar-refractivity contribution in [3.05, 3.63) is 70.4 Å². The molecule has 0 saturated heterocycles. The summed E-state index contributed by atoms with van der Waals surface area (Å²) in [4.78, 5) is 0.592. The fourth-order valence-corrected chi connectivity index (χ4v) is 3.23. The van der Waals surface area contributed by atoms with Crippen LogP contribution in [-0.4, -0.2) is 0 Å². The molecule has 1 aromatic heterocycles. The minimum Gasteiger partial charge on any atom is -0.319 e. The number of hydrogen-bond acceptors (Lipinski definition) is 2. The molecule has 0 bridgehead atoms. The standard InChI is InChI=1S/C15H10F3NS/c16-9-5-4-8-6-13(20-12(8)7-9)15(19)14-10(17)2-1-3-11(14)18/h1-7,15H,19H2. The van der Waals surface area contributed by atoms with E-state index in [1.54, 1.807) is 12.1 Å². The monoisotopic (exact) mass is 293 g/mol. The van der Waals surface area contributed by atoms with E-state index in [-0.39, 0.29) is 11.4 Å². The van der Waals surface area contributed by atoms with E-state index in [2.05, 4.69) is 0 Å². The lowest BCUT2D eigenvalue weighted by molar-refractivity contribution is 0.545. The molecule has 2 aromatic carbocycles. The van der Waals surface area contributed by atoms with Crippen molar-refractivity contribution in [2.45, 2.75) is 6.04 Å². The fraction of sp³-hybridized carbons (Fsp3) is 0.0667. The second kappa shape index (κ2) is 4.92. The first-order chi connectivity index (χ1) is 9.56. The van der Waals surface area contributed by atoms with Gasteiger partial charge < -0.3 is 5.73 Å². The van der Waals surface area contributed by atoms with Gasteiger partial charge in [-0.1, -0.05) is 12.1 Å². The van der Waals surface area contributed by atoms with Gasteiger partial charge in [-0.3, -0.25) is 0 Å². The molecule has 3 aromatic rings. The Kier molecular flexibility index (Phi) is 3.23. The molecule has 0 fully saturated rings. The highest BCUT2D eigenvalue weighted by molar-refractivity contribution is 7.19. The fourth-order valence-electron chi connectivity index (χ4n) is 2.13. The molecule has 5 heteroatoms. The number of hydrogen-bond donors (Lipinski definition) is 1. The van der Waals surface area contributed by atoms with Gasteiger partial charge in [-0.2, -0.15) is 0 Å². The second-order valence-electron chi connectivity index (χ2n) is 4.44. The summed E-state index contributed by atoms with van der Waals surface area (Å²) in [5.74, 6) is -1.71. The van der Waals surface area contributed by atoms with Crippen LogP contribution in [0.25, 0.3) is 10.1 Å². The zero-order valence-electron chi connectivity index (χ0n) is 10.2. The van der Waals surface area contributed by atoms with Crippen LogP contribution in [0.2, 0.25) is 0 Å². The van der Waals surface area contributed by atoms with Crippen LogP contribution in [0.4, 0.5) is 13.2 Å². The zero-order chi connectivity index (χ0) is 14.3. The Bertz CT molecular complexity index is 762. The Balaban J connectivity index is 2.10. The highest BCUT2D eigenvalue weighted by Gasteiger charge is 2.20. The van der Waals surface area contributed by atoms with Crippen molar-refractivity contribution in [1.29, 1.82) is 0 Å². The highest BCUT2D eigenvalue weighted by atomic mass is 32.1. The molecule has 0 spiro atoms. The normalized spacial score (nSPS) is 12.8. The van der Waals surface area contributed by atoms with Crippen LogP contribution in [-0.2, 0) is 0 Å². The Morgan fingerprint density at radius 3 is 2.35 bits per heavy atom. The van der Waals surface area contributed by atoms with E-state index < -0.39 is 17.7 Å². The van der Waals surface area contributed by atoms with Crippen molar-refractivity contribution in [3.63, 3.8) is 0 Å². The van der Waals surface area contributed by atoms with Gasteiger partial charge in [0, 0.05) is 15.1 Å². The molecule has 0 radical (unpaired) electrons. The number of halogens is 3. The van der Waals surface area contributed by atoms with E-state index in [4.69, 9.17) is 5.73 Å². The molecule has 1 unspecified atom stereocenters. The average Bonchev–Trinajstić information content (AvgIpc) is 2.81. The van der Waals surface area contributed by atoms with Crippen molar-refractivity contribution >= 4 is 21.4 Å². The number of benzene rings is 2. The predicted octanol–water partition coefficient (Wildman–Crippen LogP) is 4.37. The van der Waals surface area contributed by atoms with Crippen molar-refractivity contribution in [1.82, 2.24) is 0 Å². The van der Waals surface area contributed by atoms with Crippen LogP contribution < -0.4 is 5.73 Å². The molecule has 0 aliphatic rings. The summed E-state index contributed by atoms with van der Waals surface area (Å²) in [6.07, 6.45) is 0. The van der Waals surface area contributed by atoms with Gasteiger partial charge in [0.2, 0.25) is 0 Å². The number of thiophene rings is 1. The second-order valence-corrected chi connectivity index (χ2v) is 5.56. The van der Waals surface area contributed by atoms with E-state index in [1.165, 1.54) is 41.7 Å². The van der Waals surface area contributed by atoms with Gasteiger partial charge >= 0.3 is 0 Å². The van der Waals surface area contributed by atoms with Gasteiger partial charge in [0.05, 0.1) is 6.04 Å². The van der Waals surface area contributed by atoms with Gasteiger partial charge in [-0.05, 0) is 35.7 Å². The van der Waals surface area contributed by atoms with Crippen LogP contribution in [0.15, 0.2) is 42.5 Å². The molecule has 20 heavy (non-hydrogen) atoms. The quantitative estimate of drug-likeness (QED) is 0.746. The Labute approximate surface area is 117 Å². The van der Waals surface area contributed by atoms with Gasteiger partial charge in [0.25, 0.3) is 0 Å². The lowest BCUT2D eigenvalue weighted by atomic mass is 10.0. The maximum atomic E-state index is 13.7. The summed E-state index contributed by atoms with van der Waals surface area (Å²) in [5.41, 5.74) is 5.79. The van der Waals surface area contributed by atoms with Gasteiger partial charge in [-0.25, -0.2) is 13.2 Å². The summed E-state index contributed by atoms with van der Waals surface area (Å²) >= 11 is 1.23. The third-order valence-electron chi connectivity index (χ3n) is 3.12. The van der Waals surface area contributed by atoms with Crippen molar-refractivity contribution in [3.8, 4) is 0 Å². The van der Waals surface area contributed by atoms with Crippen molar-refractivity contribution in [2.24, 2.45) is 5.73 Å². The third-order valence-corrected chi connectivity index (χ3v) is 4.30. The molecule has 102 valence electrons. The van der Waals surface area contributed by atoms with Crippen LogP contribution >= 0.6 is 11.3 Å². The topological polar surface area (TPSA) is 26.0 Å². The SMILES string of the molecule is NC(c1cc2ccc(F)cc2s1)c1c(F)cccc1F.